The van der Waals surface area contributed by atoms with Gasteiger partial charge in [0.25, 0.3) is 11.6 Å². The number of hydrogen-bond acceptors (Lipinski definition) is 4. The largest absolute Gasteiger partial charge is 0.507 e. The second-order valence-electron chi connectivity index (χ2n) is 6.13. The molecule has 0 spiro atoms. The van der Waals surface area contributed by atoms with Gasteiger partial charge in [-0.25, -0.2) is 4.39 Å². The molecule has 142 valence electrons. The molecule has 1 heterocycles. The Labute approximate surface area is 151 Å². The Bertz CT molecular complexity index is 925. The molecule has 2 aromatic rings. The van der Waals surface area contributed by atoms with Gasteiger partial charge in [-0.15, -0.1) is 0 Å². The van der Waals surface area contributed by atoms with Crippen molar-refractivity contribution in [3.05, 3.63) is 65.0 Å². The van der Waals surface area contributed by atoms with Gasteiger partial charge in [0.1, 0.15) is 11.6 Å². The topological polar surface area (TPSA) is 73.1 Å². The monoisotopic (exact) mass is 382 g/mol. The van der Waals surface area contributed by atoms with E-state index in [1.807, 2.05) is 0 Å². The lowest BCUT2D eigenvalue weighted by Crippen LogP contribution is -2.56. The number of para-hydroxylation sites is 1. The first-order chi connectivity index (χ1) is 12.5. The van der Waals surface area contributed by atoms with Crippen molar-refractivity contribution < 1.29 is 32.6 Å². The number of aromatic hydroxyl groups is 1. The summed E-state index contributed by atoms with van der Waals surface area (Å²) in [6.45, 7) is 1.47. The quantitative estimate of drug-likeness (QED) is 0.783. The van der Waals surface area contributed by atoms with Crippen molar-refractivity contribution in [1.82, 2.24) is 5.01 Å². The van der Waals surface area contributed by atoms with Crippen molar-refractivity contribution in [1.29, 1.82) is 0 Å². The fraction of sp³-hybridized carbons (Fsp3) is 0.222. The summed E-state index contributed by atoms with van der Waals surface area (Å²) in [6.07, 6.45) is -6.24. The van der Waals surface area contributed by atoms with E-state index >= 15 is 0 Å². The molecule has 3 rings (SSSR count). The Balaban J connectivity index is 2.09. The average Bonchev–Trinajstić information content (AvgIpc) is 2.96. The van der Waals surface area contributed by atoms with Gasteiger partial charge in [0.05, 0.1) is 17.7 Å². The SMILES string of the molecule is Cc1cccc(C(=O)N2N=C(c3ccc(F)cc3)C[C@]2(O)C(F)(F)F)c1O. The summed E-state index contributed by atoms with van der Waals surface area (Å²) in [5.74, 6) is -2.41. The number of nitrogens with zero attached hydrogens (tertiary/aromatic N) is 2. The molecule has 1 aliphatic heterocycles. The first kappa shape index (κ1) is 18.8. The number of benzene rings is 2. The van der Waals surface area contributed by atoms with Gasteiger partial charge in [0.15, 0.2) is 0 Å². The number of phenolic OH excluding ortho intramolecular Hbond substituents is 1. The predicted octanol–water partition coefficient (Wildman–Crippen LogP) is 3.34. The Morgan fingerprint density at radius 3 is 2.41 bits per heavy atom. The fourth-order valence-corrected chi connectivity index (χ4v) is 2.73. The number of aliphatic hydroxyl groups is 1. The van der Waals surface area contributed by atoms with Crippen LogP contribution in [0.25, 0.3) is 0 Å². The molecule has 0 radical (unpaired) electrons. The Morgan fingerprint density at radius 1 is 1.19 bits per heavy atom. The van der Waals surface area contributed by atoms with Crippen LogP contribution in [0.15, 0.2) is 47.6 Å². The van der Waals surface area contributed by atoms with Crippen LogP contribution in [0.2, 0.25) is 0 Å². The second kappa shape index (κ2) is 6.34. The molecule has 0 aromatic heterocycles. The number of hydrogen-bond donors (Lipinski definition) is 2. The highest BCUT2D eigenvalue weighted by atomic mass is 19.4. The number of rotatable bonds is 2. The van der Waals surface area contributed by atoms with Crippen molar-refractivity contribution >= 4 is 11.6 Å². The highest BCUT2D eigenvalue weighted by Crippen LogP contribution is 2.42. The lowest BCUT2D eigenvalue weighted by molar-refractivity contribution is -0.297. The third-order valence-electron chi connectivity index (χ3n) is 4.28. The van der Waals surface area contributed by atoms with Crippen LogP contribution in [0.5, 0.6) is 5.75 Å². The van der Waals surface area contributed by atoms with Crippen LogP contribution in [0, 0.1) is 12.7 Å². The third kappa shape index (κ3) is 3.14. The van der Waals surface area contributed by atoms with Crippen molar-refractivity contribution in [3.63, 3.8) is 0 Å². The molecule has 2 aromatic carbocycles. The summed E-state index contributed by atoms with van der Waals surface area (Å²) >= 11 is 0. The molecule has 1 aliphatic rings. The maximum absolute atomic E-state index is 13.6. The van der Waals surface area contributed by atoms with Gasteiger partial charge < -0.3 is 10.2 Å². The van der Waals surface area contributed by atoms with E-state index in [0.717, 1.165) is 18.2 Å². The first-order valence-corrected chi connectivity index (χ1v) is 7.80. The summed E-state index contributed by atoms with van der Waals surface area (Å²) in [4.78, 5) is 12.7. The maximum atomic E-state index is 13.6. The number of carbonyl (C=O) groups is 1. The molecule has 0 saturated carbocycles. The predicted molar refractivity (Wildman–Crippen MR) is 87.6 cm³/mol. The van der Waals surface area contributed by atoms with E-state index in [0.29, 0.717) is 0 Å². The molecule has 5 nitrogen and oxygen atoms in total. The van der Waals surface area contributed by atoms with Crippen LogP contribution in [-0.4, -0.2) is 38.7 Å². The lowest BCUT2D eigenvalue weighted by Gasteiger charge is -2.32. The zero-order valence-electron chi connectivity index (χ0n) is 14.0. The molecule has 0 bridgehead atoms. The van der Waals surface area contributed by atoms with Crippen LogP contribution < -0.4 is 0 Å². The van der Waals surface area contributed by atoms with E-state index < -0.39 is 41.4 Å². The molecule has 2 N–H and O–H groups in total. The number of carbonyl (C=O) groups excluding carboxylic acids is 1. The van der Waals surface area contributed by atoms with E-state index in [4.69, 9.17) is 0 Å². The summed E-state index contributed by atoms with van der Waals surface area (Å²) in [7, 11) is 0. The van der Waals surface area contributed by atoms with E-state index in [1.165, 1.54) is 31.2 Å². The number of phenols is 1. The molecule has 1 amide bonds. The zero-order valence-corrected chi connectivity index (χ0v) is 14.0. The van der Waals surface area contributed by atoms with Crippen LogP contribution >= 0.6 is 0 Å². The third-order valence-corrected chi connectivity index (χ3v) is 4.28. The molecule has 0 fully saturated rings. The van der Waals surface area contributed by atoms with E-state index in [2.05, 4.69) is 5.10 Å². The average molecular weight is 382 g/mol. The number of aryl methyl sites for hydroxylation is 1. The van der Waals surface area contributed by atoms with Crippen LogP contribution in [-0.2, 0) is 0 Å². The summed E-state index contributed by atoms with van der Waals surface area (Å²) in [6, 6.07) is 8.44. The molecular weight excluding hydrogens is 368 g/mol. The number of hydrazone groups is 1. The van der Waals surface area contributed by atoms with Crippen molar-refractivity contribution in [2.24, 2.45) is 5.10 Å². The standard InChI is InChI=1S/C18H14F4N2O3/c1-10-3-2-4-13(15(10)25)16(26)24-17(27,18(20,21)22)9-14(23-24)11-5-7-12(19)8-6-11/h2-8,25,27H,9H2,1H3/t17-/m0/s1. The van der Waals surface area contributed by atoms with Crippen molar-refractivity contribution in [2.45, 2.75) is 25.2 Å². The molecule has 27 heavy (non-hydrogen) atoms. The Hall–Kier alpha value is -2.94. The van der Waals surface area contributed by atoms with Crippen molar-refractivity contribution in [2.75, 3.05) is 0 Å². The molecule has 1 atom stereocenters. The van der Waals surface area contributed by atoms with E-state index in [1.54, 1.807) is 0 Å². The number of alkyl halides is 3. The first-order valence-electron chi connectivity index (χ1n) is 7.80. The molecular formula is C18H14F4N2O3. The Morgan fingerprint density at radius 2 is 1.81 bits per heavy atom. The molecule has 9 heteroatoms. The van der Waals surface area contributed by atoms with Crippen LogP contribution in [0.4, 0.5) is 17.6 Å². The summed E-state index contributed by atoms with van der Waals surface area (Å²) < 4.78 is 53.8. The van der Waals surface area contributed by atoms with Crippen LogP contribution in [0.1, 0.15) is 27.9 Å². The van der Waals surface area contributed by atoms with Gasteiger partial charge in [-0.1, -0.05) is 24.3 Å². The number of amides is 1. The Kier molecular flexibility index (Phi) is 4.43. The maximum Gasteiger partial charge on any atom is 0.438 e. The molecule has 0 aliphatic carbocycles. The molecule has 0 unspecified atom stereocenters. The number of halogens is 4. The lowest BCUT2D eigenvalue weighted by atomic mass is 10.00. The van der Waals surface area contributed by atoms with Gasteiger partial charge >= 0.3 is 6.18 Å². The summed E-state index contributed by atoms with van der Waals surface area (Å²) in [5, 5.41) is 23.9. The minimum absolute atomic E-state index is 0.0832. The minimum atomic E-state index is -5.21. The fourth-order valence-electron chi connectivity index (χ4n) is 2.73. The zero-order chi connectivity index (χ0) is 20.0. The van der Waals surface area contributed by atoms with E-state index in [-0.39, 0.29) is 21.8 Å². The van der Waals surface area contributed by atoms with Crippen molar-refractivity contribution in [3.8, 4) is 5.75 Å². The van der Waals surface area contributed by atoms with Crippen LogP contribution in [0.3, 0.4) is 0 Å². The highest BCUT2D eigenvalue weighted by Gasteiger charge is 2.63. The second-order valence-corrected chi connectivity index (χ2v) is 6.13. The van der Waals surface area contributed by atoms with Gasteiger partial charge in [-0.2, -0.15) is 23.3 Å². The molecule has 0 saturated heterocycles. The van der Waals surface area contributed by atoms with Gasteiger partial charge in [0.2, 0.25) is 0 Å². The smallest absolute Gasteiger partial charge is 0.438 e. The summed E-state index contributed by atoms with van der Waals surface area (Å²) in [5.41, 5.74) is -3.86. The minimum Gasteiger partial charge on any atom is -0.507 e. The van der Waals surface area contributed by atoms with Gasteiger partial charge in [-0.05, 0) is 36.2 Å². The normalized spacial score (nSPS) is 19.9. The van der Waals surface area contributed by atoms with Gasteiger partial charge in [-0.3, -0.25) is 4.79 Å². The highest BCUT2D eigenvalue weighted by molar-refractivity contribution is 6.06. The van der Waals surface area contributed by atoms with E-state index in [9.17, 15) is 32.6 Å². The van der Waals surface area contributed by atoms with Gasteiger partial charge in [0, 0.05) is 0 Å².